The lowest BCUT2D eigenvalue weighted by molar-refractivity contribution is 0.163. The van der Waals surface area contributed by atoms with Gasteiger partial charge < -0.3 is 5.73 Å². The second-order valence-electron chi connectivity index (χ2n) is 6.28. The summed E-state index contributed by atoms with van der Waals surface area (Å²) >= 11 is 0. The maximum Gasteiger partial charge on any atom is 0.0233 e. The van der Waals surface area contributed by atoms with Crippen LogP contribution >= 0.6 is 0 Å². The highest BCUT2D eigenvalue weighted by Gasteiger charge is 2.19. The van der Waals surface area contributed by atoms with E-state index < -0.39 is 0 Å². The second kappa shape index (κ2) is 6.06. The molecule has 2 aliphatic rings. The van der Waals surface area contributed by atoms with Gasteiger partial charge in [-0.3, -0.25) is 4.90 Å². The van der Waals surface area contributed by atoms with Gasteiger partial charge in [-0.15, -0.1) is 0 Å². The standard InChI is InChI=1S/C17H26N2/c18-9-8-14-3-2-10-19(12-14)13-15-6-7-16-4-1-5-17(16)11-15/h6-7,11,14H,1-5,8-10,12-13,18H2. The third-order valence-corrected chi connectivity index (χ3v) is 4.75. The van der Waals surface area contributed by atoms with Gasteiger partial charge in [0.25, 0.3) is 0 Å². The molecule has 0 amide bonds. The summed E-state index contributed by atoms with van der Waals surface area (Å²) in [7, 11) is 0. The van der Waals surface area contributed by atoms with E-state index in [0.29, 0.717) is 0 Å². The molecule has 0 radical (unpaired) electrons. The molecule has 1 fully saturated rings. The Morgan fingerprint density at radius 2 is 2.05 bits per heavy atom. The zero-order valence-corrected chi connectivity index (χ0v) is 11.9. The molecule has 1 atom stereocenters. The van der Waals surface area contributed by atoms with E-state index in [0.717, 1.165) is 19.0 Å². The molecule has 2 heteroatoms. The second-order valence-corrected chi connectivity index (χ2v) is 6.28. The third-order valence-electron chi connectivity index (χ3n) is 4.75. The summed E-state index contributed by atoms with van der Waals surface area (Å²) < 4.78 is 0. The zero-order valence-electron chi connectivity index (χ0n) is 11.9. The van der Waals surface area contributed by atoms with E-state index in [1.807, 2.05) is 0 Å². The van der Waals surface area contributed by atoms with Crippen molar-refractivity contribution in [2.45, 2.75) is 45.1 Å². The number of nitrogens with two attached hydrogens (primary N) is 1. The number of nitrogens with zero attached hydrogens (tertiary/aromatic N) is 1. The highest BCUT2D eigenvalue weighted by Crippen LogP contribution is 2.25. The van der Waals surface area contributed by atoms with E-state index in [2.05, 4.69) is 23.1 Å². The lowest BCUT2D eigenvalue weighted by Gasteiger charge is -2.32. The molecule has 1 aromatic carbocycles. The third kappa shape index (κ3) is 3.18. The van der Waals surface area contributed by atoms with Crippen molar-refractivity contribution in [1.82, 2.24) is 4.90 Å². The molecule has 0 saturated carbocycles. The van der Waals surface area contributed by atoms with Crippen LogP contribution in [0.5, 0.6) is 0 Å². The Morgan fingerprint density at radius 1 is 1.16 bits per heavy atom. The predicted octanol–water partition coefficient (Wildman–Crippen LogP) is 2.74. The number of benzene rings is 1. The highest BCUT2D eigenvalue weighted by molar-refractivity contribution is 5.35. The van der Waals surface area contributed by atoms with Crippen molar-refractivity contribution in [3.05, 3.63) is 34.9 Å². The van der Waals surface area contributed by atoms with Gasteiger partial charge in [0.1, 0.15) is 0 Å². The fourth-order valence-electron chi connectivity index (χ4n) is 3.75. The molecular weight excluding hydrogens is 232 g/mol. The van der Waals surface area contributed by atoms with Crippen molar-refractivity contribution < 1.29 is 0 Å². The highest BCUT2D eigenvalue weighted by atomic mass is 15.1. The minimum absolute atomic E-state index is 0.827. The number of aryl methyl sites for hydroxylation is 2. The average molecular weight is 258 g/mol. The molecule has 0 bridgehead atoms. The van der Waals surface area contributed by atoms with Gasteiger partial charge in [0, 0.05) is 13.1 Å². The van der Waals surface area contributed by atoms with Crippen LogP contribution < -0.4 is 5.73 Å². The fourth-order valence-corrected chi connectivity index (χ4v) is 3.75. The fraction of sp³-hybridized carbons (Fsp3) is 0.647. The van der Waals surface area contributed by atoms with Crippen LogP contribution in [0.1, 0.15) is 42.4 Å². The molecular formula is C17H26N2. The molecule has 1 aliphatic heterocycles. The summed E-state index contributed by atoms with van der Waals surface area (Å²) in [6, 6.07) is 7.16. The Balaban J connectivity index is 1.61. The Hall–Kier alpha value is -0.860. The minimum Gasteiger partial charge on any atom is -0.330 e. The van der Waals surface area contributed by atoms with Gasteiger partial charge in [-0.05, 0) is 74.2 Å². The van der Waals surface area contributed by atoms with E-state index in [1.165, 1.54) is 57.2 Å². The van der Waals surface area contributed by atoms with E-state index in [-0.39, 0.29) is 0 Å². The predicted molar refractivity (Wildman–Crippen MR) is 80.1 cm³/mol. The zero-order chi connectivity index (χ0) is 13.1. The van der Waals surface area contributed by atoms with E-state index >= 15 is 0 Å². The molecule has 1 saturated heterocycles. The van der Waals surface area contributed by atoms with Crippen molar-refractivity contribution >= 4 is 0 Å². The number of fused-ring (bicyclic) bond motifs is 1. The maximum atomic E-state index is 5.70. The van der Waals surface area contributed by atoms with Crippen LogP contribution in [0, 0.1) is 5.92 Å². The SMILES string of the molecule is NCCC1CCCN(Cc2ccc3c(c2)CCC3)C1. The molecule has 2 nitrogen and oxygen atoms in total. The van der Waals surface area contributed by atoms with E-state index in [4.69, 9.17) is 5.73 Å². The van der Waals surface area contributed by atoms with Gasteiger partial charge in [-0.2, -0.15) is 0 Å². The largest absolute Gasteiger partial charge is 0.330 e. The lowest BCUT2D eigenvalue weighted by atomic mass is 9.94. The summed E-state index contributed by atoms with van der Waals surface area (Å²) in [5.74, 6) is 0.827. The lowest BCUT2D eigenvalue weighted by Crippen LogP contribution is -2.35. The van der Waals surface area contributed by atoms with Crippen LogP contribution in [0.15, 0.2) is 18.2 Å². The Morgan fingerprint density at radius 3 is 2.95 bits per heavy atom. The molecule has 1 aromatic rings. The normalized spacial score (nSPS) is 23.5. The van der Waals surface area contributed by atoms with Crippen LogP contribution in [0.25, 0.3) is 0 Å². The van der Waals surface area contributed by atoms with Crippen LogP contribution in [0.4, 0.5) is 0 Å². The maximum absolute atomic E-state index is 5.70. The van der Waals surface area contributed by atoms with Crippen molar-refractivity contribution in [1.29, 1.82) is 0 Å². The first-order valence-corrected chi connectivity index (χ1v) is 7.88. The smallest absolute Gasteiger partial charge is 0.0233 e. The Labute approximate surface area is 117 Å². The van der Waals surface area contributed by atoms with Crippen LogP contribution in [-0.4, -0.2) is 24.5 Å². The number of rotatable bonds is 4. The molecule has 0 aromatic heterocycles. The molecule has 2 N–H and O–H groups in total. The van der Waals surface area contributed by atoms with Crippen LogP contribution in [-0.2, 0) is 19.4 Å². The van der Waals surface area contributed by atoms with Gasteiger partial charge in [0.15, 0.2) is 0 Å². The molecule has 104 valence electrons. The number of hydrogen-bond acceptors (Lipinski definition) is 2. The number of piperidine rings is 1. The van der Waals surface area contributed by atoms with Gasteiger partial charge in [0.2, 0.25) is 0 Å². The molecule has 0 spiro atoms. The summed E-state index contributed by atoms with van der Waals surface area (Å²) in [6.45, 7) is 4.48. The first-order valence-electron chi connectivity index (χ1n) is 7.88. The first kappa shape index (κ1) is 13.1. The van der Waals surface area contributed by atoms with Crippen LogP contribution in [0.3, 0.4) is 0 Å². The molecule has 1 heterocycles. The average Bonchev–Trinajstić information content (AvgIpc) is 2.87. The van der Waals surface area contributed by atoms with Gasteiger partial charge in [0.05, 0.1) is 0 Å². The summed E-state index contributed by atoms with van der Waals surface area (Å²) in [5.41, 5.74) is 10.4. The quantitative estimate of drug-likeness (QED) is 0.900. The monoisotopic (exact) mass is 258 g/mol. The van der Waals surface area contributed by atoms with E-state index in [9.17, 15) is 0 Å². The topological polar surface area (TPSA) is 29.3 Å². The van der Waals surface area contributed by atoms with Gasteiger partial charge >= 0.3 is 0 Å². The Kier molecular flexibility index (Phi) is 4.19. The minimum atomic E-state index is 0.827. The van der Waals surface area contributed by atoms with Crippen molar-refractivity contribution in [3.63, 3.8) is 0 Å². The van der Waals surface area contributed by atoms with Gasteiger partial charge in [-0.25, -0.2) is 0 Å². The molecule has 1 unspecified atom stereocenters. The molecule has 3 rings (SSSR count). The van der Waals surface area contributed by atoms with E-state index in [1.54, 1.807) is 11.1 Å². The summed E-state index contributed by atoms with van der Waals surface area (Å²) in [4.78, 5) is 2.63. The van der Waals surface area contributed by atoms with Crippen molar-refractivity contribution in [2.24, 2.45) is 11.7 Å². The number of hydrogen-bond donors (Lipinski definition) is 1. The molecule has 19 heavy (non-hydrogen) atoms. The van der Waals surface area contributed by atoms with Crippen LogP contribution in [0.2, 0.25) is 0 Å². The van der Waals surface area contributed by atoms with Crippen molar-refractivity contribution in [2.75, 3.05) is 19.6 Å². The first-order chi connectivity index (χ1) is 9.35. The summed E-state index contributed by atoms with van der Waals surface area (Å²) in [6.07, 6.45) is 7.84. The van der Waals surface area contributed by atoms with Crippen molar-refractivity contribution in [3.8, 4) is 0 Å². The Bertz CT molecular complexity index is 425. The van der Waals surface area contributed by atoms with Gasteiger partial charge in [-0.1, -0.05) is 18.2 Å². The number of likely N-dealkylation sites (tertiary alicyclic amines) is 1. The summed E-state index contributed by atoms with van der Waals surface area (Å²) in [5, 5.41) is 0. The molecule has 1 aliphatic carbocycles.